The van der Waals surface area contributed by atoms with Crippen LogP contribution in [0.4, 0.5) is 11.4 Å². The van der Waals surface area contributed by atoms with E-state index in [0.29, 0.717) is 6.54 Å². The lowest BCUT2D eigenvalue weighted by Crippen LogP contribution is -2.42. The molecule has 1 aliphatic heterocycles. The molecule has 3 aromatic rings. The summed E-state index contributed by atoms with van der Waals surface area (Å²) in [6.45, 7) is 2.07. The van der Waals surface area contributed by atoms with Crippen LogP contribution in [-0.2, 0) is 21.2 Å². The number of carbonyl (C=O) groups excluding carboxylic acids is 1. The Morgan fingerprint density at radius 2 is 1.67 bits per heavy atom. The SMILES string of the molecule is Cc1ccc(S(=O)(=O)N(CC(=O)N2CCc3ccccc32)c2ccccc2Cl)cc1. The van der Waals surface area contributed by atoms with Crippen molar-refractivity contribution in [3.8, 4) is 0 Å². The Morgan fingerprint density at radius 3 is 2.40 bits per heavy atom. The summed E-state index contributed by atoms with van der Waals surface area (Å²) in [5, 5.41) is 0.266. The van der Waals surface area contributed by atoms with Crippen LogP contribution in [0.25, 0.3) is 0 Å². The van der Waals surface area contributed by atoms with Crippen LogP contribution in [0.3, 0.4) is 0 Å². The molecule has 0 aliphatic carbocycles. The van der Waals surface area contributed by atoms with Gasteiger partial charge in [0.25, 0.3) is 10.0 Å². The zero-order valence-corrected chi connectivity index (χ0v) is 18.0. The summed E-state index contributed by atoms with van der Waals surface area (Å²) in [6, 6.07) is 20.9. The van der Waals surface area contributed by atoms with Crippen LogP contribution < -0.4 is 9.21 Å². The highest BCUT2D eigenvalue weighted by Gasteiger charge is 2.32. The van der Waals surface area contributed by atoms with Crippen LogP contribution in [0.15, 0.2) is 77.7 Å². The largest absolute Gasteiger partial charge is 0.310 e. The molecule has 7 heteroatoms. The van der Waals surface area contributed by atoms with Gasteiger partial charge in [0, 0.05) is 12.2 Å². The van der Waals surface area contributed by atoms with E-state index >= 15 is 0 Å². The van der Waals surface area contributed by atoms with Crippen LogP contribution >= 0.6 is 11.6 Å². The Morgan fingerprint density at radius 1 is 1.00 bits per heavy atom. The number of nitrogens with zero attached hydrogens (tertiary/aromatic N) is 2. The Bertz CT molecular complexity index is 1190. The number of anilines is 2. The molecule has 0 saturated carbocycles. The maximum absolute atomic E-state index is 13.5. The minimum absolute atomic E-state index is 0.114. The van der Waals surface area contributed by atoms with Crippen molar-refractivity contribution in [2.24, 2.45) is 0 Å². The summed E-state index contributed by atoms with van der Waals surface area (Å²) in [6.07, 6.45) is 0.749. The molecule has 154 valence electrons. The molecule has 1 heterocycles. The number of fused-ring (bicyclic) bond motifs is 1. The molecular weight excluding hydrogens is 420 g/mol. The van der Waals surface area contributed by atoms with Gasteiger partial charge < -0.3 is 4.90 Å². The molecule has 0 N–H and O–H groups in total. The number of carbonyl (C=O) groups is 1. The average Bonchev–Trinajstić information content (AvgIpc) is 3.17. The van der Waals surface area contributed by atoms with Crippen molar-refractivity contribution in [2.75, 3.05) is 22.3 Å². The Balaban J connectivity index is 1.73. The fourth-order valence-corrected chi connectivity index (χ4v) is 5.32. The van der Waals surface area contributed by atoms with E-state index in [1.807, 2.05) is 31.2 Å². The van der Waals surface area contributed by atoms with Crippen molar-refractivity contribution in [3.63, 3.8) is 0 Å². The molecule has 0 radical (unpaired) electrons. The number of hydrogen-bond donors (Lipinski definition) is 0. The van der Waals surface area contributed by atoms with Gasteiger partial charge in [0.1, 0.15) is 6.54 Å². The first-order valence-electron chi connectivity index (χ1n) is 9.60. The normalized spacial score (nSPS) is 13.2. The second kappa shape index (κ2) is 8.13. The highest BCUT2D eigenvalue weighted by atomic mass is 35.5. The van der Waals surface area contributed by atoms with Crippen molar-refractivity contribution in [1.82, 2.24) is 0 Å². The van der Waals surface area contributed by atoms with Crippen molar-refractivity contribution >= 4 is 38.9 Å². The van der Waals surface area contributed by atoms with Gasteiger partial charge in [-0.05, 0) is 49.2 Å². The van der Waals surface area contributed by atoms with Gasteiger partial charge in [-0.2, -0.15) is 0 Å². The molecule has 0 atom stereocenters. The minimum Gasteiger partial charge on any atom is -0.310 e. The number of rotatable bonds is 5. The summed E-state index contributed by atoms with van der Waals surface area (Å²) in [5.74, 6) is -0.296. The van der Waals surface area contributed by atoms with Gasteiger partial charge in [-0.1, -0.05) is 59.6 Å². The summed E-state index contributed by atoms with van der Waals surface area (Å²) >= 11 is 6.33. The first kappa shape index (κ1) is 20.4. The van der Waals surface area contributed by atoms with E-state index < -0.39 is 10.0 Å². The lowest BCUT2D eigenvalue weighted by Gasteiger charge is -2.27. The van der Waals surface area contributed by atoms with Gasteiger partial charge in [0.05, 0.1) is 15.6 Å². The zero-order chi connectivity index (χ0) is 21.3. The van der Waals surface area contributed by atoms with Gasteiger partial charge in [-0.25, -0.2) is 8.42 Å². The molecular formula is C23H21ClN2O3S. The van der Waals surface area contributed by atoms with Crippen molar-refractivity contribution in [1.29, 1.82) is 0 Å². The summed E-state index contributed by atoms with van der Waals surface area (Å²) in [7, 11) is -3.99. The van der Waals surface area contributed by atoms with Crippen LogP contribution in [0.2, 0.25) is 5.02 Å². The molecule has 0 spiro atoms. The second-order valence-electron chi connectivity index (χ2n) is 7.20. The number of amides is 1. The molecule has 5 nitrogen and oxygen atoms in total. The minimum atomic E-state index is -3.99. The van der Waals surface area contributed by atoms with Gasteiger partial charge in [-0.3, -0.25) is 9.10 Å². The van der Waals surface area contributed by atoms with E-state index in [2.05, 4.69) is 0 Å². The first-order chi connectivity index (χ1) is 14.4. The van der Waals surface area contributed by atoms with Gasteiger partial charge in [-0.15, -0.1) is 0 Å². The van der Waals surface area contributed by atoms with E-state index in [-0.39, 0.29) is 28.1 Å². The average molecular weight is 441 g/mol. The summed E-state index contributed by atoms with van der Waals surface area (Å²) < 4.78 is 28.1. The van der Waals surface area contributed by atoms with Gasteiger partial charge >= 0.3 is 0 Å². The summed E-state index contributed by atoms with van der Waals surface area (Å²) in [4.78, 5) is 15.0. The maximum Gasteiger partial charge on any atom is 0.264 e. The van der Waals surface area contributed by atoms with Crippen LogP contribution in [0, 0.1) is 6.92 Å². The van der Waals surface area contributed by atoms with Gasteiger partial charge in [0.15, 0.2) is 0 Å². The van der Waals surface area contributed by atoms with Gasteiger partial charge in [0.2, 0.25) is 5.91 Å². The highest BCUT2D eigenvalue weighted by Crippen LogP contribution is 2.32. The van der Waals surface area contributed by atoms with Crippen molar-refractivity contribution in [2.45, 2.75) is 18.2 Å². The van der Waals surface area contributed by atoms with Crippen molar-refractivity contribution < 1.29 is 13.2 Å². The Labute approximate surface area is 181 Å². The predicted octanol–water partition coefficient (Wildman–Crippen LogP) is 4.43. The Kier molecular flexibility index (Phi) is 5.54. The monoisotopic (exact) mass is 440 g/mol. The number of para-hydroxylation sites is 2. The van der Waals surface area contributed by atoms with E-state index in [4.69, 9.17) is 11.6 Å². The number of benzene rings is 3. The Hall–Kier alpha value is -2.83. The first-order valence-corrected chi connectivity index (χ1v) is 11.4. The third kappa shape index (κ3) is 3.80. The fourth-order valence-electron chi connectivity index (χ4n) is 3.60. The molecule has 1 aliphatic rings. The highest BCUT2D eigenvalue weighted by molar-refractivity contribution is 7.92. The molecule has 0 saturated heterocycles. The molecule has 1 amide bonds. The molecule has 4 rings (SSSR count). The zero-order valence-electron chi connectivity index (χ0n) is 16.5. The quantitative estimate of drug-likeness (QED) is 0.589. The smallest absolute Gasteiger partial charge is 0.264 e. The maximum atomic E-state index is 13.5. The molecule has 0 unspecified atom stereocenters. The number of sulfonamides is 1. The molecule has 0 aromatic heterocycles. The second-order valence-corrected chi connectivity index (χ2v) is 9.47. The van der Waals surface area contributed by atoms with E-state index in [1.165, 1.54) is 0 Å². The number of halogens is 1. The van der Waals surface area contributed by atoms with Crippen molar-refractivity contribution in [3.05, 3.63) is 88.9 Å². The summed E-state index contributed by atoms with van der Waals surface area (Å²) in [5.41, 5.74) is 3.13. The van der Waals surface area contributed by atoms with Crippen LogP contribution in [0.5, 0.6) is 0 Å². The van der Waals surface area contributed by atoms with E-state index in [9.17, 15) is 13.2 Å². The number of hydrogen-bond acceptors (Lipinski definition) is 3. The lowest BCUT2D eigenvalue weighted by atomic mass is 10.2. The van der Waals surface area contributed by atoms with Crippen LogP contribution in [-0.4, -0.2) is 27.4 Å². The topological polar surface area (TPSA) is 57.7 Å². The standard InChI is InChI=1S/C23H21ClN2O3S/c1-17-10-12-19(13-11-17)30(28,29)26(22-9-5-3-7-20(22)24)16-23(27)25-15-14-18-6-2-4-8-21(18)25/h2-13H,14-16H2,1H3. The molecule has 0 bridgehead atoms. The molecule has 3 aromatic carbocycles. The lowest BCUT2D eigenvalue weighted by molar-refractivity contribution is -0.117. The van der Waals surface area contributed by atoms with E-state index in [1.54, 1.807) is 53.4 Å². The fraction of sp³-hybridized carbons (Fsp3) is 0.174. The predicted molar refractivity (Wildman–Crippen MR) is 120 cm³/mol. The van der Waals surface area contributed by atoms with Crippen LogP contribution in [0.1, 0.15) is 11.1 Å². The number of aryl methyl sites for hydroxylation is 1. The molecule has 0 fully saturated rings. The van der Waals surface area contributed by atoms with E-state index in [0.717, 1.165) is 27.5 Å². The third-order valence-corrected chi connectivity index (χ3v) is 7.29. The molecule has 30 heavy (non-hydrogen) atoms. The third-order valence-electron chi connectivity index (χ3n) is 5.20.